The molecule has 1 fully saturated rings. The first kappa shape index (κ1) is 9.35. The quantitative estimate of drug-likeness (QED) is 0.673. The van der Waals surface area contributed by atoms with Crippen LogP contribution in [0.1, 0.15) is 19.3 Å². The van der Waals surface area contributed by atoms with Gasteiger partial charge in [0.05, 0.1) is 11.8 Å². The van der Waals surface area contributed by atoms with Crippen molar-refractivity contribution in [3.63, 3.8) is 0 Å². The van der Waals surface area contributed by atoms with Gasteiger partial charge in [-0.15, -0.1) is 0 Å². The Hall–Kier alpha value is -0.740. The minimum Gasteiger partial charge on any atom is -0.481 e. The molecule has 0 radical (unpaired) electrons. The average Bonchev–Trinajstić information content (AvgIpc) is 2.30. The molecule has 0 aromatic rings. The lowest BCUT2D eigenvalue weighted by Crippen LogP contribution is -2.30. The number of carboxylic acid groups (broad SMARTS) is 1. The van der Waals surface area contributed by atoms with Crippen molar-refractivity contribution in [2.75, 3.05) is 0 Å². The zero-order chi connectivity index (χ0) is 9.35. The molecule has 1 aliphatic carbocycles. The van der Waals surface area contributed by atoms with Gasteiger partial charge < -0.3 is 5.11 Å². The molecule has 1 N–H and O–H groups in total. The minimum atomic E-state index is -4.35. The van der Waals surface area contributed by atoms with E-state index in [4.69, 9.17) is 5.11 Å². The highest BCUT2D eigenvalue weighted by Gasteiger charge is 2.49. The van der Waals surface area contributed by atoms with Gasteiger partial charge in [-0.1, -0.05) is 6.42 Å². The molecule has 0 heterocycles. The van der Waals surface area contributed by atoms with E-state index in [-0.39, 0.29) is 12.8 Å². The second-order valence-electron chi connectivity index (χ2n) is 3.02. The summed E-state index contributed by atoms with van der Waals surface area (Å²) >= 11 is 0. The Bertz CT molecular complexity index is 188. The van der Waals surface area contributed by atoms with Gasteiger partial charge >= 0.3 is 12.1 Å². The van der Waals surface area contributed by atoms with E-state index in [1.165, 1.54) is 0 Å². The molecule has 0 aromatic carbocycles. The molecule has 1 saturated carbocycles. The maximum atomic E-state index is 12.1. The lowest BCUT2D eigenvalue weighted by Gasteiger charge is -2.18. The summed E-state index contributed by atoms with van der Waals surface area (Å²) in [6.45, 7) is 0. The highest BCUT2D eigenvalue weighted by Crippen LogP contribution is 2.42. The molecule has 0 aromatic heterocycles. The summed E-state index contributed by atoms with van der Waals surface area (Å²) < 4.78 is 36.3. The summed E-state index contributed by atoms with van der Waals surface area (Å²) in [4.78, 5) is 10.4. The largest absolute Gasteiger partial charge is 0.481 e. The summed E-state index contributed by atoms with van der Waals surface area (Å²) in [5.74, 6) is -4.17. The van der Waals surface area contributed by atoms with Crippen molar-refractivity contribution >= 4 is 5.97 Å². The number of hydrogen-bond acceptors (Lipinski definition) is 1. The maximum Gasteiger partial charge on any atom is 0.392 e. The van der Waals surface area contributed by atoms with Crippen molar-refractivity contribution in [3.05, 3.63) is 0 Å². The van der Waals surface area contributed by atoms with Crippen molar-refractivity contribution in [1.82, 2.24) is 0 Å². The Morgan fingerprint density at radius 1 is 1.33 bits per heavy atom. The third kappa shape index (κ3) is 1.70. The number of carbonyl (C=O) groups is 1. The Morgan fingerprint density at radius 2 is 1.92 bits per heavy atom. The topological polar surface area (TPSA) is 37.3 Å². The lowest BCUT2D eigenvalue weighted by molar-refractivity contribution is -0.191. The minimum absolute atomic E-state index is 0.0412. The lowest BCUT2D eigenvalue weighted by atomic mass is 9.96. The molecule has 1 aliphatic rings. The Labute approximate surface area is 67.4 Å². The normalized spacial score (nSPS) is 30.6. The molecule has 0 aliphatic heterocycles. The molecule has 2 atom stereocenters. The monoisotopic (exact) mass is 182 g/mol. The van der Waals surface area contributed by atoms with Crippen LogP contribution in [0.15, 0.2) is 0 Å². The van der Waals surface area contributed by atoms with E-state index in [1.807, 2.05) is 0 Å². The Kier molecular flexibility index (Phi) is 2.30. The molecule has 12 heavy (non-hydrogen) atoms. The Balaban J connectivity index is 2.71. The third-order valence-electron chi connectivity index (χ3n) is 2.25. The number of hydrogen-bond donors (Lipinski definition) is 1. The molecule has 0 bridgehead atoms. The van der Waals surface area contributed by atoms with Crippen LogP contribution >= 0.6 is 0 Å². The number of aliphatic carboxylic acids is 1. The average molecular weight is 182 g/mol. The molecule has 2 nitrogen and oxygen atoms in total. The molecule has 5 heteroatoms. The van der Waals surface area contributed by atoms with Gasteiger partial charge in [-0.3, -0.25) is 4.79 Å². The van der Waals surface area contributed by atoms with Gasteiger partial charge in [-0.25, -0.2) is 0 Å². The number of halogens is 3. The summed E-state index contributed by atoms with van der Waals surface area (Å²) in [7, 11) is 0. The van der Waals surface area contributed by atoms with Gasteiger partial charge in [0.2, 0.25) is 0 Å². The molecule has 0 unspecified atom stereocenters. The van der Waals surface area contributed by atoms with Crippen LogP contribution in [0.5, 0.6) is 0 Å². The fourth-order valence-corrected chi connectivity index (χ4v) is 1.65. The van der Waals surface area contributed by atoms with Crippen molar-refractivity contribution in [2.24, 2.45) is 11.8 Å². The molecular weight excluding hydrogens is 173 g/mol. The molecule has 70 valence electrons. The van der Waals surface area contributed by atoms with Crippen molar-refractivity contribution in [2.45, 2.75) is 25.4 Å². The van der Waals surface area contributed by atoms with E-state index in [0.29, 0.717) is 6.42 Å². The third-order valence-corrected chi connectivity index (χ3v) is 2.25. The first-order chi connectivity index (χ1) is 5.43. The van der Waals surface area contributed by atoms with E-state index < -0.39 is 24.0 Å². The highest BCUT2D eigenvalue weighted by atomic mass is 19.4. The summed E-state index contributed by atoms with van der Waals surface area (Å²) in [5, 5.41) is 8.45. The van der Waals surface area contributed by atoms with Gasteiger partial charge in [0, 0.05) is 0 Å². The zero-order valence-electron chi connectivity index (χ0n) is 6.27. The number of carboxylic acids is 1. The Morgan fingerprint density at radius 3 is 2.25 bits per heavy atom. The second-order valence-corrected chi connectivity index (χ2v) is 3.02. The molecule has 0 spiro atoms. The second kappa shape index (κ2) is 2.95. The van der Waals surface area contributed by atoms with Gasteiger partial charge in [0.25, 0.3) is 0 Å². The molecular formula is C7H9F3O2. The first-order valence-corrected chi connectivity index (χ1v) is 3.72. The van der Waals surface area contributed by atoms with Crippen LogP contribution in [-0.4, -0.2) is 17.3 Å². The van der Waals surface area contributed by atoms with E-state index in [2.05, 4.69) is 0 Å². The summed E-state index contributed by atoms with van der Waals surface area (Å²) in [6.07, 6.45) is -3.87. The van der Waals surface area contributed by atoms with Crippen LogP contribution < -0.4 is 0 Å². The van der Waals surface area contributed by atoms with Crippen LogP contribution in [0, 0.1) is 11.8 Å². The smallest absolute Gasteiger partial charge is 0.392 e. The van der Waals surface area contributed by atoms with Crippen LogP contribution in [-0.2, 0) is 4.79 Å². The predicted octanol–water partition coefficient (Wildman–Crippen LogP) is 2.05. The van der Waals surface area contributed by atoms with Crippen molar-refractivity contribution in [1.29, 1.82) is 0 Å². The van der Waals surface area contributed by atoms with Crippen LogP contribution in [0.2, 0.25) is 0 Å². The van der Waals surface area contributed by atoms with Gasteiger partial charge in [-0.2, -0.15) is 13.2 Å². The molecule has 0 amide bonds. The van der Waals surface area contributed by atoms with Crippen molar-refractivity contribution < 1.29 is 23.1 Å². The highest BCUT2D eigenvalue weighted by molar-refractivity contribution is 5.70. The van der Waals surface area contributed by atoms with Gasteiger partial charge in [0.1, 0.15) is 0 Å². The van der Waals surface area contributed by atoms with Gasteiger partial charge in [-0.05, 0) is 12.8 Å². The number of alkyl halides is 3. The van der Waals surface area contributed by atoms with Gasteiger partial charge in [0.15, 0.2) is 0 Å². The standard InChI is InChI=1S/C7H9F3O2/c8-7(9,10)5-3-1-2-4(5)6(11)12/h4-5H,1-3H2,(H,11,12)/t4-,5+/m1/s1. The van der Waals surface area contributed by atoms with Crippen LogP contribution in [0.4, 0.5) is 13.2 Å². The maximum absolute atomic E-state index is 12.1. The van der Waals surface area contributed by atoms with E-state index in [1.54, 1.807) is 0 Å². The zero-order valence-corrected chi connectivity index (χ0v) is 6.27. The molecule has 0 saturated heterocycles. The van der Waals surface area contributed by atoms with Crippen LogP contribution in [0.25, 0.3) is 0 Å². The summed E-state index contributed by atoms with van der Waals surface area (Å²) in [6, 6.07) is 0. The van der Waals surface area contributed by atoms with Crippen LogP contribution in [0.3, 0.4) is 0 Å². The SMILES string of the molecule is O=C(O)[C@@H]1CCC[C@@H]1C(F)(F)F. The molecule has 1 rings (SSSR count). The van der Waals surface area contributed by atoms with E-state index in [0.717, 1.165) is 0 Å². The van der Waals surface area contributed by atoms with E-state index in [9.17, 15) is 18.0 Å². The van der Waals surface area contributed by atoms with Crippen molar-refractivity contribution in [3.8, 4) is 0 Å². The number of rotatable bonds is 1. The summed E-state index contributed by atoms with van der Waals surface area (Å²) in [5.41, 5.74) is 0. The fourth-order valence-electron chi connectivity index (χ4n) is 1.65. The predicted molar refractivity (Wildman–Crippen MR) is 34.5 cm³/mol. The first-order valence-electron chi connectivity index (χ1n) is 3.72. The van der Waals surface area contributed by atoms with E-state index >= 15 is 0 Å². The fraction of sp³-hybridized carbons (Fsp3) is 0.857.